The highest BCUT2D eigenvalue weighted by atomic mass is 35.5. The van der Waals surface area contributed by atoms with Gasteiger partial charge in [0.1, 0.15) is 5.82 Å². The standard InChI is InChI=1S/C20H20ClF3N4O3/c21-15-8-14(20(22,23)24)10-26-19(15)28-5-3-27(4-6-28)11-18(29)25-9-13-1-2-16-17(7-13)31-12-30-16/h1-2,7-8,10H,3-6,9,11-12H2,(H,25,29). The Balaban J connectivity index is 1.25. The quantitative estimate of drug-likeness (QED) is 0.746. The first-order valence-electron chi connectivity index (χ1n) is 9.65. The Bertz CT molecular complexity index is 965. The molecule has 4 rings (SSSR count). The van der Waals surface area contributed by atoms with Gasteiger partial charge in [0.2, 0.25) is 12.7 Å². The molecule has 1 aromatic carbocycles. The maximum absolute atomic E-state index is 12.8. The molecule has 7 nitrogen and oxygen atoms in total. The first-order chi connectivity index (χ1) is 14.8. The van der Waals surface area contributed by atoms with Gasteiger partial charge >= 0.3 is 6.18 Å². The maximum Gasteiger partial charge on any atom is 0.417 e. The van der Waals surface area contributed by atoms with Crippen molar-refractivity contribution in [2.75, 3.05) is 44.4 Å². The lowest BCUT2D eigenvalue weighted by Crippen LogP contribution is -2.49. The molecule has 166 valence electrons. The van der Waals surface area contributed by atoms with E-state index in [0.717, 1.165) is 17.8 Å². The highest BCUT2D eigenvalue weighted by molar-refractivity contribution is 6.33. The smallest absolute Gasteiger partial charge is 0.417 e. The number of carbonyl (C=O) groups excluding carboxylic acids is 1. The number of nitrogens with zero attached hydrogens (tertiary/aromatic N) is 3. The Labute approximate surface area is 181 Å². The molecule has 31 heavy (non-hydrogen) atoms. The maximum atomic E-state index is 12.8. The largest absolute Gasteiger partial charge is 0.454 e. The molecule has 2 aliphatic rings. The molecular formula is C20H20ClF3N4O3. The number of fused-ring (bicyclic) bond motifs is 1. The monoisotopic (exact) mass is 456 g/mol. The minimum Gasteiger partial charge on any atom is -0.454 e. The summed E-state index contributed by atoms with van der Waals surface area (Å²) in [6, 6.07) is 6.40. The lowest BCUT2D eigenvalue weighted by molar-refractivity contribution is -0.137. The predicted molar refractivity (Wildman–Crippen MR) is 107 cm³/mol. The minimum atomic E-state index is -4.48. The average molecular weight is 457 g/mol. The third-order valence-electron chi connectivity index (χ3n) is 5.11. The number of aromatic nitrogens is 1. The number of hydrogen-bond donors (Lipinski definition) is 1. The van der Waals surface area contributed by atoms with E-state index in [-0.39, 0.29) is 24.3 Å². The van der Waals surface area contributed by atoms with Gasteiger partial charge in [-0.1, -0.05) is 17.7 Å². The Kier molecular flexibility index (Phi) is 6.10. The van der Waals surface area contributed by atoms with Gasteiger partial charge in [0.15, 0.2) is 11.5 Å². The van der Waals surface area contributed by atoms with E-state index < -0.39 is 11.7 Å². The van der Waals surface area contributed by atoms with E-state index in [1.807, 2.05) is 28.0 Å². The lowest BCUT2D eigenvalue weighted by Gasteiger charge is -2.35. The normalized spacial score (nSPS) is 16.5. The zero-order valence-electron chi connectivity index (χ0n) is 16.4. The molecule has 1 fully saturated rings. The Morgan fingerprint density at radius 1 is 1.13 bits per heavy atom. The molecule has 1 saturated heterocycles. The highest BCUT2D eigenvalue weighted by Gasteiger charge is 2.32. The van der Waals surface area contributed by atoms with E-state index in [1.54, 1.807) is 0 Å². The van der Waals surface area contributed by atoms with Crippen molar-refractivity contribution < 1.29 is 27.4 Å². The Morgan fingerprint density at radius 2 is 1.87 bits per heavy atom. The van der Waals surface area contributed by atoms with Gasteiger partial charge < -0.3 is 19.7 Å². The number of rotatable bonds is 5. The molecule has 0 atom stereocenters. The van der Waals surface area contributed by atoms with Crippen LogP contribution in [0.4, 0.5) is 19.0 Å². The molecule has 0 aliphatic carbocycles. The molecule has 11 heteroatoms. The molecule has 0 radical (unpaired) electrons. The molecule has 2 aliphatic heterocycles. The van der Waals surface area contributed by atoms with Crippen LogP contribution in [0.2, 0.25) is 5.02 Å². The van der Waals surface area contributed by atoms with E-state index in [9.17, 15) is 18.0 Å². The lowest BCUT2D eigenvalue weighted by atomic mass is 10.2. The number of ether oxygens (including phenoxy) is 2. The van der Waals surface area contributed by atoms with Crippen molar-refractivity contribution in [1.82, 2.24) is 15.2 Å². The van der Waals surface area contributed by atoms with Crippen molar-refractivity contribution in [3.05, 3.63) is 46.6 Å². The van der Waals surface area contributed by atoms with Gasteiger partial charge in [0.05, 0.1) is 17.1 Å². The highest BCUT2D eigenvalue weighted by Crippen LogP contribution is 2.34. The molecule has 3 heterocycles. The van der Waals surface area contributed by atoms with Crippen LogP contribution in [0.25, 0.3) is 0 Å². The van der Waals surface area contributed by atoms with Crippen LogP contribution in [0.3, 0.4) is 0 Å². The van der Waals surface area contributed by atoms with Crippen molar-refractivity contribution in [2.24, 2.45) is 0 Å². The fourth-order valence-electron chi connectivity index (χ4n) is 3.45. The minimum absolute atomic E-state index is 0.0373. The zero-order chi connectivity index (χ0) is 22.0. The van der Waals surface area contributed by atoms with Crippen LogP contribution < -0.4 is 19.7 Å². The van der Waals surface area contributed by atoms with Crippen LogP contribution in [0.1, 0.15) is 11.1 Å². The summed E-state index contributed by atoms with van der Waals surface area (Å²) in [5.74, 6) is 1.56. The van der Waals surface area contributed by atoms with Crippen LogP contribution in [-0.2, 0) is 17.5 Å². The van der Waals surface area contributed by atoms with Crippen molar-refractivity contribution in [3.8, 4) is 11.5 Å². The summed E-state index contributed by atoms with van der Waals surface area (Å²) in [4.78, 5) is 20.0. The van der Waals surface area contributed by atoms with Gasteiger partial charge in [0.25, 0.3) is 0 Å². The topological polar surface area (TPSA) is 66.9 Å². The molecule has 1 N–H and O–H groups in total. The SMILES string of the molecule is O=C(CN1CCN(c2ncc(C(F)(F)F)cc2Cl)CC1)NCc1ccc2c(c1)OCO2. The first-order valence-corrected chi connectivity index (χ1v) is 10.0. The van der Waals surface area contributed by atoms with Gasteiger partial charge in [-0.15, -0.1) is 0 Å². The van der Waals surface area contributed by atoms with E-state index >= 15 is 0 Å². The summed E-state index contributed by atoms with van der Waals surface area (Å²) in [7, 11) is 0. The summed E-state index contributed by atoms with van der Waals surface area (Å²) >= 11 is 6.03. The third-order valence-corrected chi connectivity index (χ3v) is 5.39. The summed E-state index contributed by atoms with van der Waals surface area (Å²) < 4.78 is 48.9. The average Bonchev–Trinajstić information content (AvgIpc) is 3.20. The van der Waals surface area contributed by atoms with Crippen LogP contribution in [0, 0.1) is 0 Å². The van der Waals surface area contributed by atoms with Gasteiger partial charge in [0, 0.05) is 38.9 Å². The van der Waals surface area contributed by atoms with Crippen LogP contribution >= 0.6 is 11.6 Å². The number of carbonyl (C=O) groups is 1. The molecule has 1 aromatic heterocycles. The fraction of sp³-hybridized carbons (Fsp3) is 0.400. The second kappa shape index (κ2) is 8.80. The molecule has 0 unspecified atom stereocenters. The number of anilines is 1. The third kappa shape index (κ3) is 5.13. The molecular weight excluding hydrogens is 437 g/mol. The molecule has 1 amide bonds. The first kappa shape index (κ1) is 21.5. The molecule has 0 bridgehead atoms. The zero-order valence-corrected chi connectivity index (χ0v) is 17.2. The number of halogens is 4. The van der Waals surface area contributed by atoms with E-state index in [2.05, 4.69) is 10.3 Å². The summed E-state index contributed by atoms with van der Waals surface area (Å²) in [5, 5.41) is 2.84. The number of nitrogens with one attached hydrogen (secondary N) is 1. The van der Waals surface area contributed by atoms with E-state index in [0.29, 0.717) is 50.0 Å². The van der Waals surface area contributed by atoms with Gasteiger partial charge in [-0.25, -0.2) is 4.98 Å². The van der Waals surface area contributed by atoms with Gasteiger partial charge in [-0.05, 0) is 23.8 Å². The number of amides is 1. The summed E-state index contributed by atoms with van der Waals surface area (Å²) in [5.41, 5.74) is 0.0319. The van der Waals surface area contributed by atoms with Crippen molar-refractivity contribution in [3.63, 3.8) is 0 Å². The predicted octanol–water partition coefficient (Wildman–Crippen LogP) is 2.92. The second-order valence-corrected chi connectivity index (χ2v) is 7.66. The fourth-order valence-corrected chi connectivity index (χ4v) is 3.73. The number of pyridine rings is 1. The molecule has 0 saturated carbocycles. The van der Waals surface area contributed by atoms with Gasteiger partial charge in [-0.3, -0.25) is 9.69 Å². The summed E-state index contributed by atoms with van der Waals surface area (Å²) in [6.07, 6.45) is -3.70. The van der Waals surface area contributed by atoms with E-state index in [1.165, 1.54) is 0 Å². The van der Waals surface area contributed by atoms with Crippen LogP contribution in [-0.4, -0.2) is 55.3 Å². The molecule has 2 aromatic rings. The Morgan fingerprint density at radius 3 is 2.58 bits per heavy atom. The van der Waals surface area contributed by atoms with Crippen molar-refractivity contribution >= 4 is 23.3 Å². The number of benzene rings is 1. The second-order valence-electron chi connectivity index (χ2n) is 7.25. The summed E-state index contributed by atoms with van der Waals surface area (Å²) in [6.45, 7) is 2.95. The van der Waals surface area contributed by atoms with Crippen LogP contribution in [0.5, 0.6) is 11.5 Å². The molecule has 0 spiro atoms. The number of hydrogen-bond acceptors (Lipinski definition) is 6. The van der Waals surface area contributed by atoms with Crippen molar-refractivity contribution in [2.45, 2.75) is 12.7 Å². The van der Waals surface area contributed by atoms with Crippen LogP contribution in [0.15, 0.2) is 30.5 Å². The number of alkyl halides is 3. The van der Waals surface area contributed by atoms with E-state index in [4.69, 9.17) is 21.1 Å². The number of piperazine rings is 1. The van der Waals surface area contributed by atoms with Crippen molar-refractivity contribution in [1.29, 1.82) is 0 Å². The van der Waals surface area contributed by atoms with Gasteiger partial charge in [-0.2, -0.15) is 13.2 Å². The Hall–Kier alpha value is -2.72.